The van der Waals surface area contributed by atoms with Crippen molar-refractivity contribution >= 4 is 50.9 Å². The summed E-state index contributed by atoms with van der Waals surface area (Å²) in [4.78, 5) is 17.3. The number of carbonyl (C=O) groups excluding carboxylic acids is 1. The quantitative estimate of drug-likeness (QED) is 0.0575. The number of hydrogen-bond donors (Lipinski definition) is 1. The van der Waals surface area contributed by atoms with Crippen LogP contribution in [0.15, 0.2) is 65.3 Å². The fourth-order valence-electron chi connectivity index (χ4n) is 10.2. The molecule has 0 aliphatic carbocycles. The summed E-state index contributed by atoms with van der Waals surface area (Å²) in [6.07, 6.45) is 4.79. The molecule has 3 aromatic carbocycles. The minimum Gasteiger partial charge on any atom is -0.466 e. The van der Waals surface area contributed by atoms with E-state index in [1.165, 1.54) is 6.07 Å². The van der Waals surface area contributed by atoms with Gasteiger partial charge in [-0.1, -0.05) is 92.1 Å². The van der Waals surface area contributed by atoms with E-state index in [0.717, 1.165) is 22.0 Å². The normalized spacial score (nSPS) is 13.7. The maximum Gasteiger partial charge on any atom is 0.306 e. The topological polar surface area (TPSA) is 116 Å². The molecule has 0 aliphatic rings. The van der Waals surface area contributed by atoms with Crippen LogP contribution in [-0.4, -0.2) is 71.4 Å². The first-order valence-corrected chi connectivity index (χ1v) is 27.1. The highest BCUT2D eigenvalue weighted by molar-refractivity contribution is 9.10. The van der Waals surface area contributed by atoms with Crippen molar-refractivity contribution < 1.29 is 31.8 Å². The summed E-state index contributed by atoms with van der Waals surface area (Å²) in [5.74, 6) is -0.646. The molecule has 63 heavy (non-hydrogen) atoms. The number of aliphatic hydroxyl groups is 1. The molecular formula is C49H67BrF2N4O5SSi. The zero-order valence-corrected chi connectivity index (χ0v) is 42.4. The summed E-state index contributed by atoms with van der Waals surface area (Å²) >= 11 is 3.80. The lowest BCUT2D eigenvalue weighted by Crippen LogP contribution is -2.51. The molecule has 2 aromatic heterocycles. The Hall–Kier alpha value is -3.72. The smallest absolute Gasteiger partial charge is 0.306 e. The first-order valence-electron chi connectivity index (χ1n) is 22.3. The first kappa shape index (κ1) is 50.3. The van der Waals surface area contributed by atoms with E-state index < -0.39 is 41.3 Å². The van der Waals surface area contributed by atoms with Crippen molar-refractivity contribution in [2.75, 3.05) is 24.7 Å². The van der Waals surface area contributed by atoms with Crippen LogP contribution in [0, 0.1) is 17.0 Å². The standard InChI is InChI=1S/C49H67BrF2N4O5SSi/c1-12-61-44(58)20-18-35-15-13-16-37(27-35)49(10,23-14-22-48(8,9)31-62(59,60)26-25-57)47-53-46(55(11)54-47)40-29-36(17-19-41(40)51)28-39-42(52)30-43-38(45(39)50)21-24-56(43)63(32(2)3,33(4)5)34(6)7/h13,15-17,19,21,24,27,29-30,32-34,57H,12,14,18,20,22-23,25-26,28,31H2,1-11H3. The number of esters is 1. The summed E-state index contributed by atoms with van der Waals surface area (Å²) < 4.78 is 67.6. The third kappa shape index (κ3) is 10.9. The molecule has 9 nitrogen and oxygen atoms in total. The van der Waals surface area contributed by atoms with Crippen LogP contribution < -0.4 is 0 Å². The van der Waals surface area contributed by atoms with Gasteiger partial charge in [0.2, 0.25) is 0 Å². The Bertz CT molecular complexity index is 2500. The van der Waals surface area contributed by atoms with Gasteiger partial charge in [-0.15, -0.1) is 0 Å². The second kappa shape index (κ2) is 20.2. The fourth-order valence-corrected chi connectivity index (χ4v) is 19.3. The lowest BCUT2D eigenvalue weighted by Gasteiger charge is -2.44. The maximum absolute atomic E-state index is 16.4. The van der Waals surface area contributed by atoms with Gasteiger partial charge in [0.05, 0.1) is 35.7 Å². The van der Waals surface area contributed by atoms with E-state index in [4.69, 9.17) is 14.8 Å². The van der Waals surface area contributed by atoms with Crippen molar-refractivity contribution in [2.24, 2.45) is 12.5 Å². The highest BCUT2D eigenvalue weighted by atomic mass is 79.9. The average molecular weight is 970 g/mol. The molecule has 344 valence electrons. The summed E-state index contributed by atoms with van der Waals surface area (Å²) in [6, 6.07) is 16.5. The van der Waals surface area contributed by atoms with Gasteiger partial charge < -0.3 is 14.1 Å². The number of ether oxygens (including phenoxy) is 1. The summed E-state index contributed by atoms with van der Waals surface area (Å²) in [5, 5.41) is 15.2. The summed E-state index contributed by atoms with van der Waals surface area (Å²) in [7, 11) is -3.88. The highest BCUT2D eigenvalue weighted by Crippen LogP contribution is 2.46. The van der Waals surface area contributed by atoms with Crippen molar-refractivity contribution in [2.45, 2.75) is 130 Å². The largest absolute Gasteiger partial charge is 0.466 e. The Balaban J connectivity index is 1.52. The number of halogens is 3. The number of aryl methyl sites for hydroxylation is 2. The SMILES string of the molecule is CCOC(=O)CCc1cccc(C(C)(CCCC(C)(C)CS(=O)(=O)CCO)c2nc(-c3cc(Cc4c(F)cc5c(ccn5[Si](C(C)C)(C(C)C)C(C)C)c4Br)ccc3F)n(C)n2)c1. The molecule has 14 heteroatoms. The minimum atomic E-state index is -3.45. The third-order valence-corrected chi connectivity index (χ3v) is 22.8. The molecule has 0 spiro atoms. The van der Waals surface area contributed by atoms with Crippen molar-refractivity contribution in [3.63, 3.8) is 0 Å². The van der Waals surface area contributed by atoms with Gasteiger partial charge in [-0.2, -0.15) is 5.10 Å². The molecule has 1 unspecified atom stereocenters. The highest BCUT2D eigenvalue weighted by Gasteiger charge is 2.46. The Morgan fingerprint density at radius 2 is 1.62 bits per heavy atom. The van der Waals surface area contributed by atoms with Crippen LogP contribution >= 0.6 is 15.9 Å². The molecule has 1 N–H and O–H groups in total. The summed E-state index contributed by atoms with van der Waals surface area (Å²) in [5.41, 5.74) is 4.09. The van der Waals surface area contributed by atoms with Gasteiger partial charge in [-0.05, 0) is 118 Å². The summed E-state index contributed by atoms with van der Waals surface area (Å²) in [6.45, 7) is 21.3. The Kier molecular flexibility index (Phi) is 16.1. The van der Waals surface area contributed by atoms with Crippen LogP contribution in [0.2, 0.25) is 16.6 Å². The van der Waals surface area contributed by atoms with E-state index in [9.17, 15) is 18.3 Å². The van der Waals surface area contributed by atoms with E-state index in [2.05, 4.69) is 74.0 Å². The van der Waals surface area contributed by atoms with E-state index in [0.29, 0.717) is 76.2 Å². The minimum absolute atomic E-state index is 0.0556. The van der Waals surface area contributed by atoms with Crippen LogP contribution in [0.4, 0.5) is 8.78 Å². The number of nitrogens with zero attached hydrogens (tertiary/aromatic N) is 4. The molecule has 1 atom stereocenters. The number of hydrogen-bond acceptors (Lipinski definition) is 7. The number of rotatable bonds is 21. The molecule has 5 rings (SSSR count). The molecule has 0 bridgehead atoms. The number of benzene rings is 3. The van der Waals surface area contributed by atoms with E-state index in [1.807, 2.05) is 45.0 Å². The molecule has 0 aliphatic heterocycles. The Morgan fingerprint density at radius 3 is 2.25 bits per heavy atom. The lowest BCUT2D eigenvalue weighted by molar-refractivity contribution is -0.143. The zero-order valence-electron chi connectivity index (χ0n) is 39.0. The van der Waals surface area contributed by atoms with Gasteiger partial charge in [-0.3, -0.25) is 4.79 Å². The van der Waals surface area contributed by atoms with Gasteiger partial charge in [0.1, 0.15) is 11.6 Å². The predicted molar refractivity (Wildman–Crippen MR) is 256 cm³/mol. The van der Waals surface area contributed by atoms with Crippen LogP contribution in [0.5, 0.6) is 0 Å². The number of aromatic nitrogens is 4. The van der Waals surface area contributed by atoms with E-state index >= 15 is 8.78 Å². The van der Waals surface area contributed by atoms with Crippen LogP contribution in [0.1, 0.15) is 123 Å². The number of sulfone groups is 1. The third-order valence-electron chi connectivity index (χ3n) is 13.1. The number of carbonyl (C=O) groups is 1. The van der Waals surface area contributed by atoms with Crippen LogP contribution in [-0.2, 0) is 44.7 Å². The molecule has 0 radical (unpaired) electrons. The molecule has 5 aromatic rings. The van der Waals surface area contributed by atoms with Crippen molar-refractivity contribution in [1.82, 2.24) is 19.0 Å². The molecule has 0 amide bonds. The van der Waals surface area contributed by atoms with E-state index in [-0.39, 0.29) is 41.7 Å². The second-order valence-electron chi connectivity index (χ2n) is 19.2. The van der Waals surface area contributed by atoms with Gasteiger partial charge in [0, 0.05) is 40.8 Å². The lowest BCUT2D eigenvalue weighted by atomic mass is 9.75. The number of fused-ring (bicyclic) bond motifs is 1. The van der Waals surface area contributed by atoms with Crippen LogP contribution in [0.3, 0.4) is 0 Å². The molecule has 0 fully saturated rings. The molecular weight excluding hydrogens is 903 g/mol. The maximum atomic E-state index is 16.4. The molecule has 2 heterocycles. The van der Waals surface area contributed by atoms with Crippen molar-refractivity contribution in [3.05, 3.63) is 105 Å². The zero-order chi connectivity index (χ0) is 46.7. The molecule has 0 saturated heterocycles. The monoisotopic (exact) mass is 968 g/mol. The van der Waals surface area contributed by atoms with Gasteiger partial charge in [0.15, 0.2) is 29.7 Å². The van der Waals surface area contributed by atoms with Crippen LogP contribution in [0.25, 0.3) is 22.3 Å². The average Bonchev–Trinajstić information content (AvgIpc) is 3.79. The Labute approximate surface area is 383 Å². The second-order valence-corrected chi connectivity index (χ2v) is 27.9. The van der Waals surface area contributed by atoms with E-state index in [1.54, 1.807) is 36.9 Å². The van der Waals surface area contributed by atoms with Gasteiger partial charge in [0.25, 0.3) is 0 Å². The van der Waals surface area contributed by atoms with Gasteiger partial charge >= 0.3 is 5.97 Å². The Morgan fingerprint density at radius 1 is 0.937 bits per heavy atom. The van der Waals surface area contributed by atoms with Gasteiger partial charge in [-0.25, -0.2) is 26.9 Å². The first-order chi connectivity index (χ1) is 29.5. The number of aliphatic hydroxyl groups excluding tert-OH is 1. The molecule has 0 saturated carbocycles. The van der Waals surface area contributed by atoms with Crippen molar-refractivity contribution in [3.8, 4) is 11.4 Å². The fraction of sp³-hybridized carbons (Fsp3) is 0.531. The van der Waals surface area contributed by atoms with Crippen molar-refractivity contribution in [1.29, 1.82) is 0 Å². The predicted octanol–water partition coefficient (Wildman–Crippen LogP) is 11.5.